The van der Waals surface area contributed by atoms with Gasteiger partial charge in [0.1, 0.15) is 34.2 Å². The van der Waals surface area contributed by atoms with Gasteiger partial charge in [0.2, 0.25) is 0 Å². The van der Waals surface area contributed by atoms with Gasteiger partial charge in [0, 0.05) is 0 Å². The van der Waals surface area contributed by atoms with Crippen molar-refractivity contribution >= 4 is 33.1 Å². The predicted octanol–water partition coefficient (Wildman–Crippen LogP) is 3.76. The highest BCUT2D eigenvalue weighted by Gasteiger charge is 2.14. The summed E-state index contributed by atoms with van der Waals surface area (Å²) in [6.45, 7) is 2.05. The number of anilines is 2. The van der Waals surface area contributed by atoms with E-state index < -0.39 is 0 Å². The van der Waals surface area contributed by atoms with E-state index in [0.29, 0.717) is 11.5 Å². The monoisotopic (exact) mass is 301 g/mol. The van der Waals surface area contributed by atoms with Crippen molar-refractivity contribution in [2.75, 3.05) is 19.5 Å². The van der Waals surface area contributed by atoms with E-state index in [9.17, 15) is 0 Å². The van der Waals surface area contributed by atoms with Gasteiger partial charge in [-0.1, -0.05) is 6.07 Å². The Hall–Kier alpha value is -2.34. The fourth-order valence-electron chi connectivity index (χ4n) is 2.20. The van der Waals surface area contributed by atoms with Crippen molar-refractivity contribution in [1.29, 1.82) is 0 Å². The van der Waals surface area contributed by atoms with Gasteiger partial charge in [-0.2, -0.15) is 0 Å². The van der Waals surface area contributed by atoms with E-state index in [1.54, 1.807) is 31.9 Å². The third kappa shape index (κ3) is 2.38. The number of nitrogens with zero attached hydrogens (tertiary/aromatic N) is 2. The van der Waals surface area contributed by atoms with Gasteiger partial charge in [-0.15, -0.1) is 11.3 Å². The zero-order valence-corrected chi connectivity index (χ0v) is 12.8. The number of hydrogen-bond acceptors (Lipinski definition) is 6. The van der Waals surface area contributed by atoms with E-state index in [2.05, 4.69) is 20.7 Å². The second kappa shape index (κ2) is 5.57. The molecule has 6 heteroatoms. The fourth-order valence-corrected chi connectivity index (χ4v) is 3.09. The summed E-state index contributed by atoms with van der Waals surface area (Å²) in [7, 11) is 3.26. The number of methoxy groups -OCH3 is 2. The molecule has 0 spiro atoms. The van der Waals surface area contributed by atoms with Crippen LogP contribution in [0.2, 0.25) is 0 Å². The predicted molar refractivity (Wildman–Crippen MR) is 85.0 cm³/mol. The van der Waals surface area contributed by atoms with Crippen molar-refractivity contribution in [3.63, 3.8) is 0 Å². The van der Waals surface area contributed by atoms with Crippen LogP contribution in [0.3, 0.4) is 0 Å². The largest absolute Gasteiger partial charge is 0.494 e. The Bertz CT molecular complexity index is 763. The van der Waals surface area contributed by atoms with E-state index in [1.807, 2.05) is 25.1 Å². The molecule has 0 atom stereocenters. The molecule has 2 heterocycles. The van der Waals surface area contributed by atoms with Gasteiger partial charge in [-0.05, 0) is 30.0 Å². The van der Waals surface area contributed by atoms with E-state index in [1.165, 1.54) is 0 Å². The number of ether oxygens (including phenoxy) is 2. The van der Waals surface area contributed by atoms with Gasteiger partial charge in [0.05, 0.1) is 19.6 Å². The smallest absolute Gasteiger partial charge is 0.146 e. The molecule has 0 bridgehead atoms. The molecule has 1 N–H and O–H groups in total. The Labute approximate surface area is 126 Å². The summed E-state index contributed by atoms with van der Waals surface area (Å²) in [6, 6.07) is 5.64. The Kier molecular flexibility index (Phi) is 3.62. The van der Waals surface area contributed by atoms with Crippen LogP contribution >= 0.6 is 11.3 Å². The topological polar surface area (TPSA) is 56.3 Å². The maximum atomic E-state index is 5.40. The van der Waals surface area contributed by atoms with Crippen molar-refractivity contribution < 1.29 is 9.47 Å². The van der Waals surface area contributed by atoms with Crippen molar-refractivity contribution in [2.45, 2.75) is 6.92 Å². The third-order valence-corrected chi connectivity index (χ3v) is 4.23. The first-order chi connectivity index (χ1) is 10.2. The molecule has 0 unspecified atom stereocenters. The highest BCUT2D eigenvalue weighted by Crippen LogP contribution is 2.38. The highest BCUT2D eigenvalue weighted by atomic mass is 32.1. The second-order valence-electron chi connectivity index (χ2n) is 4.48. The normalized spacial score (nSPS) is 10.6. The van der Waals surface area contributed by atoms with Crippen molar-refractivity contribution in [3.8, 4) is 11.5 Å². The SMILES string of the molecule is COc1cccc(OC)c1Nc1ncnc2scc(C)c12. The number of hydrogen-bond donors (Lipinski definition) is 1. The number of nitrogens with one attached hydrogen (secondary N) is 1. The van der Waals surface area contributed by atoms with Gasteiger partial charge in [-0.25, -0.2) is 9.97 Å². The van der Waals surface area contributed by atoms with E-state index in [0.717, 1.165) is 27.3 Å². The van der Waals surface area contributed by atoms with E-state index in [4.69, 9.17) is 9.47 Å². The van der Waals surface area contributed by atoms with Gasteiger partial charge in [0.25, 0.3) is 0 Å². The first-order valence-electron chi connectivity index (χ1n) is 6.41. The molecule has 21 heavy (non-hydrogen) atoms. The van der Waals surface area contributed by atoms with Crippen LogP contribution in [0.4, 0.5) is 11.5 Å². The number of benzene rings is 1. The summed E-state index contributed by atoms with van der Waals surface area (Å²) < 4.78 is 10.8. The van der Waals surface area contributed by atoms with E-state index >= 15 is 0 Å². The van der Waals surface area contributed by atoms with Crippen LogP contribution in [0, 0.1) is 6.92 Å². The number of para-hydroxylation sites is 1. The second-order valence-corrected chi connectivity index (χ2v) is 5.34. The lowest BCUT2D eigenvalue weighted by molar-refractivity contribution is 0.398. The first kappa shape index (κ1) is 13.6. The lowest BCUT2D eigenvalue weighted by Gasteiger charge is -2.14. The van der Waals surface area contributed by atoms with Crippen LogP contribution < -0.4 is 14.8 Å². The summed E-state index contributed by atoms with van der Waals surface area (Å²) in [6.07, 6.45) is 1.56. The zero-order chi connectivity index (χ0) is 14.8. The molecule has 1 aromatic carbocycles. The lowest BCUT2D eigenvalue weighted by atomic mass is 10.2. The molecule has 0 fully saturated rings. The van der Waals surface area contributed by atoms with Gasteiger partial charge in [-0.3, -0.25) is 0 Å². The molecule has 108 valence electrons. The summed E-state index contributed by atoms with van der Waals surface area (Å²) in [5, 5.41) is 6.42. The average Bonchev–Trinajstić information content (AvgIpc) is 2.90. The Morgan fingerprint density at radius 1 is 1.10 bits per heavy atom. The molecule has 0 aliphatic carbocycles. The van der Waals surface area contributed by atoms with Crippen LogP contribution in [0.15, 0.2) is 29.9 Å². The molecule has 3 aromatic rings. The van der Waals surface area contributed by atoms with E-state index in [-0.39, 0.29) is 0 Å². The molecule has 5 nitrogen and oxygen atoms in total. The molecule has 2 aromatic heterocycles. The standard InChI is InChI=1S/C15H15N3O2S/c1-9-7-21-15-12(9)14(16-8-17-15)18-13-10(19-2)5-4-6-11(13)20-3/h4-8H,1-3H3,(H,16,17,18). The van der Waals surface area contributed by atoms with Crippen molar-refractivity contribution in [3.05, 3.63) is 35.5 Å². The van der Waals surface area contributed by atoms with Crippen LogP contribution in [-0.4, -0.2) is 24.2 Å². The lowest BCUT2D eigenvalue weighted by Crippen LogP contribution is -2.00. The molecule has 3 rings (SSSR count). The summed E-state index contributed by atoms with van der Waals surface area (Å²) >= 11 is 1.60. The minimum Gasteiger partial charge on any atom is -0.494 e. The average molecular weight is 301 g/mol. The van der Waals surface area contributed by atoms with Crippen LogP contribution in [-0.2, 0) is 0 Å². The molecule has 0 amide bonds. The number of thiophene rings is 1. The third-order valence-electron chi connectivity index (χ3n) is 3.23. The Morgan fingerprint density at radius 2 is 1.81 bits per heavy atom. The van der Waals surface area contributed by atoms with Gasteiger partial charge < -0.3 is 14.8 Å². The van der Waals surface area contributed by atoms with Crippen LogP contribution in [0.1, 0.15) is 5.56 Å². The molecule has 0 saturated heterocycles. The van der Waals surface area contributed by atoms with Gasteiger partial charge in [0.15, 0.2) is 0 Å². The number of rotatable bonds is 4. The summed E-state index contributed by atoms with van der Waals surface area (Å²) in [4.78, 5) is 9.61. The summed E-state index contributed by atoms with van der Waals surface area (Å²) in [5.74, 6) is 2.16. The number of aryl methyl sites for hydroxylation is 1. The minimum absolute atomic E-state index is 0.703. The molecule has 0 aliphatic heterocycles. The first-order valence-corrected chi connectivity index (χ1v) is 7.29. The number of fused-ring (bicyclic) bond motifs is 1. The molecular weight excluding hydrogens is 286 g/mol. The van der Waals surface area contributed by atoms with Crippen molar-refractivity contribution in [1.82, 2.24) is 9.97 Å². The van der Waals surface area contributed by atoms with Gasteiger partial charge >= 0.3 is 0 Å². The molecule has 0 radical (unpaired) electrons. The molecular formula is C15H15N3O2S. The Morgan fingerprint density at radius 3 is 2.48 bits per heavy atom. The maximum absolute atomic E-state index is 5.40. The maximum Gasteiger partial charge on any atom is 0.146 e. The van der Waals surface area contributed by atoms with Crippen LogP contribution in [0.5, 0.6) is 11.5 Å². The quantitative estimate of drug-likeness (QED) is 0.795. The Balaban J connectivity index is 2.13. The minimum atomic E-state index is 0.703. The molecule has 0 aliphatic rings. The number of aromatic nitrogens is 2. The van der Waals surface area contributed by atoms with Crippen molar-refractivity contribution in [2.24, 2.45) is 0 Å². The fraction of sp³-hybridized carbons (Fsp3) is 0.200. The summed E-state index contributed by atoms with van der Waals surface area (Å²) in [5.41, 5.74) is 1.90. The zero-order valence-electron chi connectivity index (χ0n) is 12.0. The molecule has 0 saturated carbocycles. The highest BCUT2D eigenvalue weighted by molar-refractivity contribution is 7.17. The van der Waals surface area contributed by atoms with Crippen LogP contribution in [0.25, 0.3) is 10.2 Å².